The predicted molar refractivity (Wildman–Crippen MR) is 58.8 cm³/mol. The zero-order valence-corrected chi connectivity index (χ0v) is 9.23. The van der Waals surface area contributed by atoms with Crippen LogP contribution in [0.25, 0.3) is 0 Å². The maximum atomic E-state index is 10.1. The number of thiazole rings is 1. The van der Waals surface area contributed by atoms with Crippen LogP contribution in [0.15, 0.2) is 5.38 Å². The van der Waals surface area contributed by atoms with E-state index < -0.39 is 5.60 Å². The van der Waals surface area contributed by atoms with Crippen molar-refractivity contribution in [3.8, 4) is 0 Å². The van der Waals surface area contributed by atoms with Gasteiger partial charge in [-0.05, 0) is 19.8 Å². The van der Waals surface area contributed by atoms with Crippen LogP contribution in [0, 0.1) is 6.92 Å². The Morgan fingerprint density at radius 2 is 2.29 bits per heavy atom. The zero-order chi connectivity index (χ0) is 10.0. The molecule has 0 atom stereocenters. The van der Waals surface area contributed by atoms with Crippen molar-refractivity contribution in [1.82, 2.24) is 4.98 Å². The van der Waals surface area contributed by atoms with Gasteiger partial charge in [-0.15, -0.1) is 11.3 Å². The van der Waals surface area contributed by atoms with Crippen molar-refractivity contribution in [3.63, 3.8) is 0 Å². The molecule has 78 valence electrons. The summed E-state index contributed by atoms with van der Waals surface area (Å²) < 4.78 is 0. The molecule has 0 radical (unpaired) electrons. The minimum absolute atomic E-state index is 0.487. The SMILES string of the molecule is Cc1csc(NCC2(O)CCCC2)n1. The van der Waals surface area contributed by atoms with Gasteiger partial charge in [-0.25, -0.2) is 4.98 Å². The standard InChI is InChI=1S/C10H16N2OS/c1-8-6-14-9(12-8)11-7-10(13)4-2-3-5-10/h6,13H,2-5,7H2,1H3,(H,11,12). The van der Waals surface area contributed by atoms with Crippen LogP contribution in [-0.2, 0) is 0 Å². The van der Waals surface area contributed by atoms with Crippen molar-refractivity contribution in [1.29, 1.82) is 0 Å². The lowest BCUT2D eigenvalue weighted by atomic mass is 10.0. The number of rotatable bonds is 3. The Labute approximate surface area is 88.2 Å². The highest BCUT2D eigenvalue weighted by Crippen LogP contribution is 2.29. The molecule has 0 bridgehead atoms. The average Bonchev–Trinajstić information content (AvgIpc) is 2.73. The molecule has 0 aliphatic heterocycles. The minimum atomic E-state index is -0.487. The molecule has 1 aliphatic rings. The third-order valence-corrected chi connectivity index (χ3v) is 3.64. The number of nitrogens with one attached hydrogen (secondary N) is 1. The van der Waals surface area contributed by atoms with Gasteiger partial charge < -0.3 is 10.4 Å². The van der Waals surface area contributed by atoms with Gasteiger partial charge in [0, 0.05) is 11.9 Å². The third-order valence-electron chi connectivity index (χ3n) is 2.72. The maximum Gasteiger partial charge on any atom is 0.182 e. The van der Waals surface area contributed by atoms with Crippen molar-refractivity contribution in [2.24, 2.45) is 0 Å². The van der Waals surface area contributed by atoms with Crippen LogP contribution in [0.4, 0.5) is 5.13 Å². The number of nitrogens with zero attached hydrogens (tertiary/aromatic N) is 1. The van der Waals surface area contributed by atoms with E-state index in [1.165, 1.54) is 0 Å². The van der Waals surface area contributed by atoms with E-state index in [1.807, 2.05) is 12.3 Å². The monoisotopic (exact) mass is 212 g/mol. The minimum Gasteiger partial charge on any atom is -0.388 e. The lowest BCUT2D eigenvalue weighted by molar-refractivity contribution is 0.0614. The van der Waals surface area contributed by atoms with Crippen LogP contribution >= 0.6 is 11.3 Å². The highest BCUT2D eigenvalue weighted by atomic mass is 32.1. The summed E-state index contributed by atoms with van der Waals surface area (Å²) in [5, 5.41) is 16.2. The number of hydrogen-bond acceptors (Lipinski definition) is 4. The van der Waals surface area contributed by atoms with E-state index in [9.17, 15) is 5.11 Å². The van der Waals surface area contributed by atoms with Crippen LogP contribution in [0.1, 0.15) is 31.4 Å². The molecule has 1 fully saturated rings. The molecular weight excluding hydrogens is 196 g/mol. The number of anilines is 1. The van der Waals surface area contributed by atoms with Gasteiger partial charge in [0.1, 0.15) is 0 Å². The molecule has 1 saturated carbocycles. The summed E-state index contributed by atoms with van der Waals surface area (Å²) in [5.74, 6) is 0. The van der Waals surface area contributed by atoms with Gasteiger partial charge in [0.25, 0.3) is 0 Å². The molecule has 3 nitrogen and oxygen atoms in total. The number of aryl methyl sites for hydroxylation is 1. The summed E-state index contributed by atoms with van der Waals surface area (Å²) in [4.78, 5) is 4.30. The van der Waals surface area contributed by atoms with Gasteiger partial charge in [0.2, 0.25) is 0 Å². The molecule has 0 saturated heterocycles. The summed E-state index contributed by atoms with van der Waals surface area (Å²) in [6, 6.07) is 0. The zero-order valence-electron chi connectivity index (χ0n) is 8.42. The normalized spacial score (nSPS) is 19.9. The third kappa shape index (κ3) is 2.25. The first kappa shape index (κ1) is 9.93. The van der Waals surface area contributed by atoms with E-state index >= 15 is 0 Å². The van der Waals surface area contributed by atoms with E-state index in [0.29, 0.717) is 6.54 Å². The Bertz CT molecular complexity index is 305. The number of hydrogen-bond donors (Lipinski definition) is 2. The van der Waals surface area contributed by atoms with Gasteiger partial charge >= 0.3 is 0 Å². The molecule has 0 unspecified atom stereocenters. The summed E-state index contributed by atoms with van der Waals surface area (Å²) in [6.07, 6.45) is 4.14. The lowest BCUT2D eigenvalue weighted by Crippen LogP contribution is -2.33. The van der Waals surface area contributed by atoms with Crippen LogP contribution in [-0.4, -0.2) is 22.2 Å². The second-order valence-corrected chi connectivity index (χ2v) is 4.94. The van der Waals surface area contributed by atoms with E-state index in [0.717, 1.165) is 36.5 Å². The summed E-state index contributed by atoms with van der Waals surface area (Å²) in [7, 11) is 0. The van der Waals surface area contributed by atoms with Crippen molar-refractivity contribution in [3.05, 3.63) is 11.1 Å². The fourth-order valence-electron chi connectivity index (χ4n) is 1.89. The van der Waals surface area contributed by atoms with Gasteiger partial charge in [0.15, 0.2) is 5.13 Å². The topological polar surface area (TPSA) is 45.1 Å². The van der Waals surface area contributed by atoms with Crippen molar-refractivity contribution < 1.29 is 5.11 Å². The van der Waals surface area contributed by atoms with Gasteiger partial charge in [0.05, 0.1) is 11.3 Å². The van der Waals surface area contributed by atoms with Crippen LogP contribution in [0.3, 0.4) is 0 Å². The Kier molecular flexibility index (Phi) is 2.74. The fourth-order valence-corrected chi connectivity index (χ4v) is 2.57. The molecule has 1 aliphatic carbocycles. The molecule has 4 heteroatoms. The van der Waals surface area contributed by atoms with Crippen LogP contribution in [0.5, 0.6) is 0 Å². The second kappa shape index (κ2) is 3.87. The number of aliphatic hydroxyl groups is 1. The molecule has 14 heavy (non-hydrogen) atoms. The second-order valence-electron chi connectivity index (χ2n) is 4.08. The van der Waals surface area contributed by atoms with E-state index in [2.05, 4.69) is 10.3 Å². The molecule has 0 aromatic carbocycles. The first-order valence-electron chi connectivity index (χ1n) is 5.06. The highest BCUT2D eigenvalue weighted by molar-refractivity contribution is 7.13. The Morgan fingerprint density at radius 3 is 2.86 bits per heavy atom. The average molecular weight is 212 g/mol. The van der Waals surface area contributed by atoms with Crippen molar-refractivity contribution >= 4 is 16.5 Å². The Balaban J connectivity index is 1.87. The molecule has 2 N–H and O–H groups in total. The summed E-state index contributed by atoms with van der Waals surface area (Å²) >= 11 is 1.60. The summed E-state index contributed by atoms with van der Waals surface area (Å²) in [5.41, 5.74) is 0.551. The molecule has 1 aromatic rings. The molecule has 1 aromatic heterocycles. The summed E-state index contributed by atoms with van der Waals surface area (Å²) in [6.45, 7) is 2.62. The predicted octanol–water partition coefficient (Wildman–Crippen LogP) is 2.17. The lowest BCUT2D eigenvalue weighted by Gasteiger charge is -2.21. The Hall–Kier alpha value is -0.610. The first-order valence-corrected chi connectivity index (χ1v) is 5.94. The smallest absolute Gasteiger partial charge is 0.182 e. The maximum absolute atomic E-state index is 10.1. The van der Waals surface area contributed by atoms with E-state index in [-0.39, 0.29) is 0 Å². The quantitative estimate of drug-likeness (QED) is 0.807. The molecular formula is C10H16N2OS. The molecule has 0 amide bonds. The highest BCUT2D eigenvalue weighted by Gasteiger charge is 2.30. The molecule has 1 heterocycles. The van der Waals surface area contributed by atoms with E-state index in [1.54, 1.807) is 11.3 Å². The van der Waals surface area contributed by atoms with E-state index in [4.69, 9.17) is 0 Å². The van der Waals surface area contributed by atoms with Crippen LogP contribution in [0.2, 0.25) is 0 Å². The molecule has 0 spiro atoms. The van der Waals surface area contributed by atoms with Crippen molar-refractivity contribution in [2.45, 2.75) is 38.2 Å². The van der Waals surface area contributed by atoms with Gasteiger partial charge in [-0.1, -0.05) is 12.8 Å². The Morgan fingerprint density at radius 1 is 1.57 bits per heavy atom. The number of aromatic nitrogens is 1. The van der Waals surface area contributed by atoms with Crippen LogP contribution < -0.4 is 5.32 Å². The first-order chi connectivity index (χ1) is 6.68. The van der Waals surface area contributed by atoms with Crippen molar-refractivity contribution in [2.75, 3.05) is 11.9 Å². The largest absolute Gasteiger partial charge is 0.388 e. The van der Waals surface area contributed by atoms with Gasteiger partial charge in [-0.3, -0.25) is 0 Å². The fraction of sp³-hybridized carbons (Fsp3) is 0.700. The van der Waals surface area contributed by atoms with Gasteiger partial charge in [-0.2, -0.15) is 0 Å². The molecule has 2 rings (SSSR count).